The molecule has 0 saturated carbocycles. The summed E-state index contributed by atoms with van der Waals surface area (Å²) >= 11 is 4.20. The van der Waals surface area contributed by atoms with Gasteiger partial charge in [-0.25, -0.2) is 0 Å². The fraction of sp³-hybridized carbons (Fsp3) is 0.923. The first kappa shape index (κ1) is 15.8. The molecular formula is C13H26O2S. The van der Waals surface area contributed by atoms with Gasteiger partial charge in [0.1, 0.15) is 0 Å². The summed E-state index contributed by atoms with van der Waals surface area (Å²) < 4.78 is 4.62. The van der Waals surface area contributed by atoms with Gasteiger partial charge in [0.05, 0.1) is 12.4 Å². The number of esters is 1. The first-order valence-corrected chi connectivity index (χ1v) is 7.00. The van der Waals surface area contributed by atoms with Crippen LogP contribution in [0.4, 0.5) is 0 Å². The van der Waals surface area contributed by atoms with E-state index in [2.05, 4.69) is 24.3 Å². The molecule has 2 nitrogen and oxygen atoms in total. The highest BCUT2D eigenvalue weighted by Crippen LogP contribution is 2.13. The van der Waals surface area contributed by atoms with Gasteiger partial charge in [-0.3, -0.25) is 4.79 Å². The second-order valence-corrected chi connectivity index (χ2v) is 4.93. The predicted molar refractivity (Wildman–Crippen MR) is 72.0 cm³/mol. The Kier molecular flexibility index (Phi) is 11.2. The Morgan fingerprint density at radius 1 is 1.06 bits per heavy atom. The number of hydrogen-bond donors (Lipinski definition) is 1. The van der Waals surface area contributed by atoms with Gasteiger partial charge in [0.2, 0.25) is 0 Å². The maximum Gasteiger partial charge on any atom is 0.318 e. The van der Waals surface area contributed by atoms with Crippen LogP contribution in [0, 0.1) is 0 Å². The van der Waals surface area contributed by atoms with Crippen molar-refractivity contribution in [1.29, 1.82) is 0 Å². The number of thiol groups is 1. The van der Waals surface area contributed by atoms with Crippen molar-refractivity contribution < 1.29 is 9.53 Å². The van der Waals surface area contributed by atoms with E-state index in [9.17, 15) is 4.79 Å². The summed E-state index contributed by atoms with van der Waals surface area (Å²) in [7, 11) is 1.42. The normalized spacial score (nSPS) is 12.4. The minimum Gasteiger partial charge on any atom is -0.468 e. The van der Waals surface area contributed by atoms with E-state index in [1.807, 2.05) is 0 Å². The summed E-state index contributed by atoms with van der Waals surface area (Å²) in [5.41, 5.74) is 0. The van der Waals surface area contributed by atoms with Crippen molar-refractivity contribution in [3.8, 4) is 0 Å². The fourth-order valence-electron chi connectivity index (χ4n) is 1.73. The third kappa shape index (κ3) is 9.08. The van der Waals surface area contributed by atoms with Crippen LogP contribution in [0.5, 0.6) is 0 Å². The van der Waals surface area contributed by atoms with Gasteiger partial charge in [-0.15, -0.1) is 0 Å². The minimum absolute atomic E-state index is 0.203. The third-order valence-electron chi connectivity index (χ3n) is 2.80. The number of methoxy groups -OCH3 is 1. The maximum atomic E-state index is 11.1. The van der Waals surface area contributed by atoms with Crippen LogP contribution in [0.1, 0.15) is 64.7 Å². The lowest BCUT2D eigenvalue weighted by atomic mass is 10.1. The lowest BCUT2D eigenvalue weighted by molar-refractivity contribution is -0.140. The zero-order valence-electron chi connectivity index (χ0n) is 10.7. The van der Waals surface area contributed by atoms with Crippen molar-refractivity contribution in [2.75, 3.05) is 7.11 Å². The molecule has 0 aliphatic heterocycles. The lowest BCUT2D eigenvalue weighted by Crippen LogP contribution is -2.15. The summed E-state index contributed by atoms with van der Waals surface area (Å²) in [6.45, 7) is 2.24. The van der Waals surface area contributed by atoms with Crippen LogP contribution in [-0.2, 0) is 9.53 Å². The monoisotopic (exact) mass is 246 g/mol. The topological polar surface area (TPSA) is 26.3 Å². The second kappa shape index (κ2) is 11.3. The summed E-state index contributed by atoms with van der Waals surface area (Å²) in [5, 5.41) is -0.231. The van der Waals surface area contributed by atoms with Gasteiger partial charge in [0.25, 0.3) is 0 Å². The van der Waals surface area contributed by atoms with Crippen molar-refractivity contribution in [1.82, 2.24) is 0 Å². The molecule has 0 bridgehead atoms. The first-order chi connectivity index (χ1) is 7.72. The molecule has 0 saturated heterocycles. The van der Waals surface area contributed by atoms with Gasteiger partial charge >= 0.3 is 5.97 Å². The van der Waals surface area contributed by atoms with Gasteiger partial charge in [-0.1, -0.05) is 58.3 Å². The molecule has 0 heterocycles. The van der Waals surface area contributed by atoms with Crippen LogP contribution in [0.3, 0.4) is 0 Å². The predicted octanol–water partition coefficient (Wildman–Crippen LogP) is 3.99. The van der Waals surface area contributed by atoms with Crippen LogP contribution >= 0.6 is 12.6 Å². The van der Waals surface area contributed by atoms with Crippen molar-refractivity contribution in [3.63, 3.8) is 0 Å². The SMILES string of the molecule is CCCCCCCCCCC(S)C(=O)OC. The highest BCUT2D eigenvalue weighted by atomic mass is 32.1. The van der Waals surface area contributed by atoms with Crippen LogP contribution in [0.15, 0.2) is 0 Å². The molecule has 1 atom stereocenters. The molecule has 0 amide bonds. The molecule has 16 heavy (non-hydrogen) atoms. The number of rotatable bonds is 10. The molecule has 0 aromatic heterocycles. The number of hydrogen-bond acceptors (Lipinski definition) is 3. The quantitative estimate of drug-likeness (QED) is 0.358. The van der Waals surface area contributed by atoms with E-state index in [1.54, 1.807) is 0 Å². The Bertz CT molecular complexity index is 171. The average Bonchev–Trinajstić information content (AvgIpc) is 2.31. The Morgan fingerprint density at radius 3 is 2.06 bits per heavy atom. The highest BCUT2D eigenvalue weighted by Gasteiger charge is 2.12. The first-order valence-electron chi connectivity index (χ1n) is 6.48. The molecule has 0 spiro atoms. The number of unbranched alkanes of at least 4 members (excludes halogenated alkanes) is 7. The van der Waals surface area contributed by atoms with E-state index >= 15 is 0 Å². The standard InChI is InChI=1S/C13H26O2S/c1-3-4-5-6-7-8-9-10-11-12(16)13(14)15-2/h12,16H,3-11H2,1-2H3. The molecule has 1 unspecified atom stereocenters. The Hall–Kier alpha value is -0.180. The molecule has 0 N–H and O–H groups in total. The largest absolute Gasteiger partial charge is 0.468 e. The van der Waals surface area contributed by atoms with Crippen LogP contribution in [0.2, 0.25) is 0 Å². The molecule has 96 valence electrons. The van der Waals surface area contributed by atoms with Crippen LogP contribution < -0.4 is 0 Å². The molecule has 3 heteroatoms. The summed E-state index contributed by atoms with van der Waals surface area (Å²) in [5.74, 6) is -0.203. The highest BCUT2D eigenvalue weighted by molar-refractivity contribution is 7.81. The van der Waals surface area contributed by atoms with Gasteiger partial charge < -0.3 is 4.74 Å². The van der Waals surface area contributed by atoms with Gasteiger partial charge in [0, 0.05) is 0 Å². The van der Waals surface area contributed by atoms with Crippen LogP contribution in [-0.4, -0.2) is 18.3 Å². The molecular weight excluding hydrogens is 220 g/mol. The van der Waals surface area contributed by atoms with E-state index in [-0.39, 0.29) is 11.2 Å². The number of carbonyl (C=O) groups excluding carboxylic acids is 1. The van der Waals surface area contributed by atoms with E-state index in [0.29, 0.717) is 0 Å². The van der Waals surface area contributed by atoms with Crippen molar-refractivity contribution in [2.24, 2.45) is 0 Å². The fourth-order valence-corrected chi connectivity index (χ4v) is 2.01. The average molecular weight is 246 g/mol. The van der Waals surface area contributed by atoms with Crippen molar-refractivity contribution in [2.45, 2.75) is 70.0 Å². The molecule has 0 rings (SSSR count). The van der Waals surface area contributed by atoms with Crippen molar-refractivity contribution in [3.05, 3.63) is 0 Å². The third-order valence-corrected chi connectivity index (χ3v) is 3.27. The van der Waals surface area contributed by atoms with E-state index in [0.717, 1.165) is 12.8 Å². The zero-order valence-corrected chi connectivity index (χ0v) is 11.6. The van der Waals surface area contributed by atoms with Gasteiger partial charge in [-0.05, 0) is 6.42 Å². The Balaban J connectivity index is 3.17. The second-order valence-electron chi connectivity index (χ2n) is 4.30. The van der Waals surface area contributed by atoms with Crippen LogP contribution in [0.25, 0.3) is 0 Å². The smallest absolute Gasteiger partial charge is 0.318 e. The summed E-state index contributed by atoms with van der Waals surface area (Å²) in [4.78, 5) is 11.1. The zero-order chi connectivity index (χ0) is 12.2. The number of carbonyl (C=O) groups is 1. The van der Waals surface area contributed by atoms with Gasteiger partial charge in [0.15, 0.2) is 0 Å². The molecule has 0 aromatic carbocycles. The number of ether oxygens (including phenoxy) is 1. The molecule has 0 aliphatic carbocycles. The summed E-state index contributed by atoms with van der Waals surface area (Å²) in [6, 6.07) is 0. The maximum absolute atomic E-state index is 11.1. The van der Waals surface area contributed by atoms with Gasteiger partial charge in [-0.2, -0.15) is 12.6 Å². The van der Waals surface area contributed by atoms with E-state index in [4.69, 9.17) is 0 Å². The molecule has 0 aromatic rings. The molecule has 0 aliphatic rings. The minimum atomic E-state index is -0.231. The Morgan fingerprint density at radius 2 is 1.56 bits per heavy atom. The summed E-state index contributed by atoms with van der Waals surface area (Å²) in [6.07, 6.45) is 11.1. The van der Waals surface area contributed by atoms with E-state index < -0.39 is 0 Å². The Labute approximate surface area is 106 Å². The van der Waals surface area contributed by atoms with E-state index in [1.165, 1.54) is 52.1 Å². The molecule has 0 radical (unpaired) electrons. The molecule has 0 fully saturated rings. The van der Waals surface area contributed by atoms with Crippen molar-refractivity contribution >= 4 is 18.6 Å². The lowest BCUT2D eigenvalue weighted by Gasteiger charge is -2.07.